The number of benzene rings is 2. The van der Waals surface area contributed by atoms with Crippen molar-refractivity contribution in [3.8, 4) is 0 Å². The summed E-state index contributed by atoms with van der Waals surface area (Å²) >= 11 is 3.37. The lowest BCUT2D eigenvalue weighted by atomic mass is 10.2. The Labute approximate surface area is 132 Å². The van der Waals surface area contributed by atoms with Gasteiger partial charge in [0.05, 0.1) is 13.2 Å². The van der Waals surface area contributed by atoms with Gasteiger partial charge in [0.1, 0.15) is 0 Å². The van der Waals surface area contributed by atoms with Crippen LogP contribution in [0.1, 0.15) is 5.56 Å². The minimum atomic E-state index is -0.0969. The van der Waals surface area contributed by atoms with Crippen molar-refractivity contribution in [1.82, 2.24) is 0 Å². The Hall–Kier alpha value is -1.85. The molecule has 5 heteroatoms. The molecule has 2 N–H and O–H groups in total. The molecule has 21 heavy (non-hydrogen) atoms. The highest BCUT2D eigenvalue weighted by atomic mass is 79.9. The normalized spacial score (nSPS) is 10.2. The fourth-order valence-electron chi connectivity index (χ4n) is 1.92. The molecule has 1 amide bonds. The van der Waals surface area contributed by atoms with Crippen molar-refractivity contribution in [3.63, 3.8) is 0 Å². The van der Waals surface area contributed by atoms with Crippen LogP contribution in [0.3, 0.4) is 0 Å². The van der Waals surface area contributed by atoms with Gasteiger partial charge in [-0.15, -0.1) is 0 Å². The summed E-state index contributed by atoms with van der Waals surface area (Å²) in [5, 5.41) is 5.97. The number of anilines is 2. The van der Waals surface area contributed by atoms with Crippen LogP contribution in [0, 0.1) is 0 Å². The Balaban J connectivity index is 1.92. The first kappa shape index (κ1) is 15.5. The Morgan fingerprint density at radius 3 is 2.76 bits per heavy atom. The molecule has 0 spiro atoms. The first-order chi connectivity index (χ1) is 10.2. The summed E-state index contributed by atoms with van der Waals surface area (Å²) in [6.45, 7) is 0.712. The summed E-state index contributed by atoms with van der Waals surface area (Å²) in [5.41, 5.74) is 2.69. The average molecular weight is 349 g/mol. The lowest BCUT2D eigenvalue weighted by Gasteiger charge is -2.11. The number of nitrogens with one attached hydrogen (secondary N) is 2. The van der Waals surface area contributed by atoms with Crippen molar-refractivity contribution in [2.75, 3.05) is 24.3 Å². The monoisotopic (exact) mass is 348 g/mol. The Kier molecular flexibility index (Phi) is 5.78. The van der Waals surface area contributed by atoms with E-state index in [-0.39, 0.29) is 12.5 Å². The van der Waals surface area contributed by atoms with E-state index in [1.165, 1.54) is 0 Å². The molecule has 0 atom stereocenters. The van der Waals surface area contributed by atoms with Crippen molar-refractivity contribution in [3.05, 3.63) is 58.6 Å². The Morgan fingerprint density at radius 1 is 1.19 bits per heavy atom. The average Bonchev–Trinajstić information content (AvgIpc) is 2.47. The van der Waals surface area contributed by atoms with Crippen LogP contribution in [0.5, 0.6) is 0 Å². The van der Waals surface area contributed by atoms with Crippen LogP contribution in [0.15, 0.2) is 53.0 Å². The van der Waals surface area contributed by atoms with Gasteiger partial charge in [-0.25, -0.2) is 0 Å². The summed E-state index contributed by atoms with van der Waals surface area (Å²) < 4.78 is 6.07. The molecule has 0 saturated heterocycles. The number of hydrogen-bond donors (Lipinski definition) is 2. The number of ether oxygens (including phenoxy) is 1. The van der Waals surface area contributed by atoms with Gasteiger partial charge in [0, 0.05) is 28.5 Å². The number of para-hydroxylation sites is 1. The van der Waals surface area contributed by atoms with Gasteiger partial charge in [0.25, 0.3) is 0 Å². The number of carbonyl (C=O) groups excluding carboxylic acids is 1. The van der Waals surface area contributed by atoms with Gasteiger partial charge in [-0.05, 0) is 24.3 Å². The predicted molar refractivity (Wildman–Crippen MR) is 88.4 cm³/mol. The van der Waals surface area contributed by atoms with Crippen LogP contribution in [0.25, 0.3) is 0 Å². The second-order valence-electron chi connectivity index (χ2n) is 4.50. The summed E-state index contributed by atoms with van der Waals surface area (Å²) in [5.74, 6) is -0.0969. The SMILES string of the molecule is COCc1ccccc1NCC(=O)Nc1cccc(Br)c1. The molecule has 2 aromatic rings. The van der Waals surface area contributed by atoms with Crippen molar-refractivity contribution in [2.24, 2.45) is 0 Å². The van der Waals surface area contributed by atoms with Crippen molar-refractivity contribution in [1.29, 1.82) is 0 Å². The van der Waals surface area contributed by atoms with Crippen LogP contribution >= 0.6 is 15.9 Å². The van der Waals surface area contributed by atoms with Crippen LogP contribution in [0.4, 0.5) is 11.4 Å². The lowest BCUT2D eigenvalue weighted by Crippen LogP contribution is -2.22. The highest BCUT2D eigenvalue weighted by Crippen LogP contribution is 2.17. The number of halogens is 1. The molecular formula is C16H17BrN2O2. The maximum Gasteiger partial charge on any atom is 0.243 e. The van der Waals surface area contributed by atoms with E-state index in [4.69, 9.17) is 4.74 Å². The quantitative estimate of drug-likeness (QED) is 0.837. The second-order valence-corrected chi connectivity index (χ2v) is 5.42. The number of amides is 1. The van der Waals surface area contributed by atoms with Gasteiger partial charge in [-0.1, -0.05) is 40.2 Å². The molecule has 0 unspecified atom stereocenters. The Bertz CT molecular complexity index is 617. The third-order valence-corrected chi connectivity index (χ3v) is 3.36. The molecule has 0 fully saturated rings. The van der Waals surface area contributed by atoms with Gasteiger partial charge in [-0.3, -0.25) is 4.79 Å². The maximum absolute atomic E-state index is 11.9. The zero-order valence-corrected chi connectivity index (χ0v) is 13.3. The van der Waals surface area contributed by atoms with Gasteiger partial charge >= 0.3 is 0 Å². The predicted octanol–water partition coefficient (Wildman–Crippen LogP) is 3.65. The second kappa shape index (κ2) is 7.81. The number of carbonyl (C=O) groups is 1. The van der Waals surface area contributed by atoms with E-state index in [0.29, 0.717) is 6.61 Å². The van der Waals surface area contributed by atoms with E-state index in [9.17, 15) is 4.79 Å². The van der Waals surface area contributed by atoms with Crippen molar-refractivity contribution < 1.29 is 9.53 Å². The van der Waals surface area contributed by atoms with Gasteiger partial charge in [0.2, 0.25) is 5.91 Å². The zero-order valence-electron chi connectivity index (χ0n) is 11.7. The maximum atomic E-state index is 11.9. The third-order valence-electron chi connectivity index (χ3n) is 2.86. The fraction of sp³-hybridized carbons (Fsp3) is 0.188. The molecule has 0 heterocycles. The highest BCUT2D eigenvalue weighted by Gasteiger charge is 2.05. The standard InChI is InChI=1S/C16H17BrN2O2/c1-21-11-12-5-2-3-8-15(12)18-10-16(20)19-14-7-4-6-13(17)9-14/h2-9,18H,10-11H2,1H3,(H,19,20). The van der Waals surface area contributed by atoms with Gasteiger partial charge in [0.15, 0.2) is 0 Å². The van der Waals surface area contributed by atoms with Gasteiger partial charge in [-0.2, -0.15) is 0 Å². The summed E-state index contributed by atoms with van der Waals surface area (Å²) in [6.07, 6.45) is 0. The summed E-state index contributed by atoms with van der Waals surface area (Å²) in [4.78, 5) is 11.9. The molecule has 0 saturated carbocycles. The molecule has 0 aliphatic rings. The molecule has 4 nitrogen and oxygen atoms in total. The van der Waals surface area contributed by atoms with E-state index in [1.54, 1.807) is 7.11 Å². The van der Waals surface area contributed by atoms with Crippen molar-refractivity contribution in [2.45, 2.75) is 6.61 Å². The highest BCUT2D eigenvalue weighted by molar-refractivity contribution is 9.10. The summed E-state index contributed by atoms with van der Waals surface area (Å²) in [6, 6.07) is 15.3. The van der Waals surface area contributed by atoms with E-state index in [0.717, 1.165) is 21.4 Å². The van der Waals surface area contributed by atoms with E-state index in [1.807, 2.05) is 48.5 Å². The van der Waals surface area contributed by atoms with Crippen LogP contribution in [0.2, 0.25) is 0 Å². The molecule has 110 valence electrons. The van der Waals surface area contributed by atoms with E-state index >= 15 is 0 Å². The lowest BCUT2D eigenvalue weighted by molar-refractivity contribution is -0.114. The molecule has 2 rings (SSSR count). The molecule has 0 radical (unpaired) electrons. The number of rotatable bonds is 6. The molecule has 2 aromatic carbocycles. The van der Waals surface area contributed by atoms with Gasteiger partial charge < -0.3 is 15.4 Å². The molecule has 0 aromatic heterocycles. The number of methoxy groups -OCH3 is 1. The first-order valence-corrected chi connectivity index (χ1v) is 7.34. The molecule has 0 bridgehead atoms. The number of hydrogen-bond acceptors (Lipinski definition) is 3. The zero-order chi connectivity index (χ0) is 15.1. The first-order valence-electron chi connectivity index (χ1n) is 6.55. The minimum Gasteiger partial charge on any atom is -0.380 e. The van der Waals surface area contributed by atoms with E-state index < -0.39 is 0 Å². The fourth-order valence-corrected chi connectivity index (χ4v) is 2.32. The molecular weight excluding hydrogens is 332 g/mol. The summed E-state index contributed by atoms with van der Waals surface area (Å²) in [7, 11) is 1.65. The van der Waals surface area contributed by atoms with Crippen LogP contribution < -0.4 is 10.6 Å². The topological polar surface area (TPSA) is 50.4 Å². The molecule has 0 aliphatic carbocycles. The van der Waals surface area contributed by atoms with Crippen LogP contribution in [-0.4, -0.2) is 19.6 Å². The smallest absolute Gasteiger partial charge is 0.243 e. The minimum absolute atomic E-state index is 0.0969. The molecule has 0 aliphatic heterocycles. The largest absolute Gasteiger partial charge is 0.380 e. The van der Waals surface area contributed by atoms with E-state index in [2.05, 4.69) is 26.6 Å². The third kappa shape index (κ3) is 4.88. The Morgan fingerprint density at radius 2 is 2.00 bits per heavy atom. The van der Waals surface area contributed by atoms with Crippen molar-refractivity contribution >= 4 is 33.2 Å². The van der Waals surface area contributed by atoms with Crippen LogP contribution in [-0.2, 0) is 16.1 Å².